The van der Waals surface area contributed by atoms with E-state index in [0.717, 1.165) is 16.9 Å². The Morgan fingerprint density at radius 1 is 1.00 bits per heavy atom. The smallest absolute Gasteiger partial charge is 0.262 e. The van der Waals surface area contributed by atoms with E-state index in [1.54, 1.807) is 29.9 Å². The zero-order valence-corrected chi connectivity index (χ0v) is 19.7. The van der Waals surface area contributed by atoms with E-state index >= 15 is 0 Å². The van der Waals surface area contributed by atoms with Crippen molar-refractivity contribution in [1.82, 2.24) is 19.7 Å². The number of aromatic nitrogens is 4. The van der Waals surface area contributed by atoms with Gasteiger partial charge in [-0.15, -0.1) is 10.2 Å². The van der Waals surface area contributed by atoms with Gasteiger partial charge in [0, 0.05) is 10.6 Å². The van der Waals surface area contributed by atoms with Gasteiger partial charge in [-0.3, -0.25) is 9.36 Å². The number of para-hydroxylation sites is 1. The second-order valence-corrected chi connectivity index (χ2v) is 8.83. The molecule has 0 aliphatic heterocycles. The molecular weight excluding hydrogens is 472 g/mol. The van der Waals surface area contributed by atoms with Crippen LogP contribution in [-0.4, -0.2) is 26.9 Å². The van der Waals surface area contributed by atoms with Crippen molar-refractivity contribution in [3.63, 3.8) is 0 Å². The molecule has 34 heavy (non-hydrogen) atoms. The van der Waals surface area contributed by atoms with Crippen LogP contribution in [0.1, 0.15) is 11.5 Å². The largest absolute Gasteiger partial charge is 0.497 e. The number of rotatable bonds is 7. The Labute approximate surface area is 204 Å². The minimum Gasteiger partial charge on any atom is -0.497 e. The van der Waals surface area contributed by atoms with Gasteiger partial charge in [-0.1, -0.05) is 47.6 Å². The summed E-state index contributed by atoms with van der Waals surface area (Å²) in [6.07, 6.45) is 0. The van der Waals surface area contributed by atoms with Gasteiger partial charge in [0.2, 0.25) is 11.8 Å². The number of nitrogens with zero attached hydrogens (tertiary/aromatic N) is 4. The van der Waals surface area contributed by atoms with E-state index in [1.807, 2.05) is 54.6 Å². The van der Waals surface area contributed by atoms with E-state index in [9.17, 15) is 4.79 Å². The molecule has 7 nitrogen and oxygen atoms in total. The third kappa shape index (κ3) is 4.69. The third-order valence-corrected chi connectivity index (χ3v) is 6.42. The predicted molar refractivity (Wildman–Crippen MR) is 132 cm³/mol. The van der Waals surface area contributed by atoms with E-state index < -0.39 is 0 Å². The van der Waals surface area contributed by atoms with Crippen molar-refractivity contribution in [2.75, 3.05) is 7.11 Å². The molecule has 0 spiro atoms. The average molecular weight is 491 g/mol. The number of ether oxygens (including phenoxy) is 1. The fourth-order valence-corrected chi connectivity index (χ4v) is 4.42. The summed E-state index contributed by atoms with van der Waals surface area (Å²) in [7, 11) is 1.62. The standard InChI is InChI=1S/C25H19ClN4O3S/c1-32-19-12-6-16(7-13-19)14-30-24(31)20-4-2-3-5-21(20)27-25(30)34-15-22-28-29-23(33-22)17-8-10-18(26)11-9-17/h2-13H,14-15H2,1H3. The molecule has 0 N–H and O–H groups in total. The van der Waals surface area contributed by atoms with Crippen LogP contribution in [0.3, 0.4) is 0 Å². The van der Waals surface area contributed by atoms with Crippen LogP contribution in [0.5, 0.6) is 5.75 Å². The SMILES string of the molecule is COc1ccc(Cn2c(SCc3nnc(-c4ccc(Cl)cc4)o3)nc3ccccc3c2=O)cc1. The summed E-state index contributed by atoms with van der Waals surface area (Å²) in [5.41, 5.74) is 2.29. The van der Waals surface area contributed by atoms with Crippen LogP contribution in [0, 0.1) is 0 Å². The first-order chi connectivity index (χ1) is 16.6. The highest BCUT2D eigenvalue weighted by molar-refractivity contribution is 7.98. The number of thioether (sulfide) groups is 1. The van der Waals surface area contributed by atoms with Gasteiger partial charge < -0.3 is 9.15 Å². The Bertz CT molecular complexity index is 1500. The first-order valence-electron chi connectivity index (χ1n) is 10.4. The van der Waals surface area contributed by atoms with E-state index in [-0.39, 0.29) is 5.56 Å². The molecule has 0 amide bonds. The highest BCUT2D eigenvalue weighted by Crippen LogP contribution is 2.25. The van der Waals surface area contributed by atoms with Gasteiger partial charge in [0.1, 0.15) is 5.75 Å². The summed E-state index contributed by atoms with van der Waals surface area (Å²) in [6.45, 7) is 0.378. The summed E-state index contributed by atoms with van der Waals surface area (Å²) in [4.78, 5) is 18.1. The van der Waals surface area contributed by atoms with Crippen molar-refractivity contribution < 1.29 is 9.15 Å². The quantitative estimate of drug-likeness (QED) is 0.221. The maximum absolute atomic E-state index is 13.3. The number of methoxy groups -OCH3 is 1. The van der Waals surface area contributed by atoms with Crippen molar-refractivity contribution in [2.45, 2.75) is 17.5 Å². The molecule has 170 valence electrons. The minimum absolute atomic E-state index is 0.101. The van der Waals surface area contributed by atoms with Crippen LogP contribution in [0.2, 0.25) is 5.02 Å². The molecule has 2 heterocycles. The van der Waals surface area contributed by atoms with Crippen molar-refractivity contribution in [3.05, 3.63) is 99.6 Å². The molecule has 0 saturated carbocycles. The molecule has 0 bridgehead atoms. The van der Waals surface area contributed by atoms with Gasteiger partial charge in [-0.05, 0) is 54.1 Å². The minimum atomic E-state index is -0.101. The monoisotopic (exact) mass is 490 g/mol. The summed E-state index contributed by atoms with van der Waals surface area (Å²) in [5, 5.41) is 10.1. The van der Waals surface area contributed by atoms with Crippen LogP contribution < -0.4 is 10.3 Å². The molecule has 0 unspecified atom stereocenters. The summed E-state index contributed by atoms with van der Waals surface area (Å²) < 4.78 is 12.7. The van der Waals surface area contributed by atoms with E-state index in [4.69, 9.17) is 25.7 Å². The fraction of sp³-hybridized carbons (Fsp3) is 0.120. The second-order valence-electron chi connectivity index (χ2n) is 7.45. The molecule has 5 aromatic rings. The molecule has 3 aromatic carbocycles. The lowest BCUT2D eigenvalue weighted by molar-refractivity contribution is 0.414. The highest BCUT2D eigenvalue weighted by Gasteiger charge is 2.15. The number of fused-ring (bicyclic) bond motifs is 1. The normalized spacial score (nSPS) is 11.1. The van der Waals surface area contributed by atoms with E-state index in [2.05, 4.69) is 10.2 Å². The topological polar surface area (TPSA) is 83.0 Å². The molecule has 2 aromatic heterocycles. The lowest BCUT2D eigenvalue weighted by atomic mass is 10.2. The van der Waals surface area contributed by atoms with E-state index in [0.29, 0.717) is 45.2 Å². The predicted octanol–water partition coefficient (Wildman–Crippen LogP) is 5.45. The Kier molecular flexibility index (Phi) is 6.33. The second kappa shape index (κ2) is 9.70. The third-order valence-electron chi connectivity index (χ3n) is 5.21. The fourth-order valence-electron chi connectivity index (χ4n) is 3.46. The lowest BCUT2D eigenvalue weighted by Crippen LogP contribution is -2.24. The Balaban J connectivity index is 1.44. The Morgan fingerprint density at radius 2 is 1.76 bits per heavy atom. The molecule has 0 radical (unpaired) electrons. The molecule has 0 fully saturated rings. The molecule has 0 atom stereocenters. The van der Waals surface area contributed by atoms with Gasteiger partial charge in [-0.2, -0.15) is 0 Å². The molecule has 0 saturated heterocycles. The van der Waals surface area contributed by atoms with Crippen LogP contribution in [0.15, 0.2) is 87.2 Å². The Hall–Kier alpha value is -3.62. The zero-order chi connectivity index (χ0) is 23.5. The van der Waals surface area contributed by atoms with Gasteiger partial charge in [0.05, 0.1) is 30.3 Å². The summed E-state index contributed by atoms with van der Waals surface area (Å²) in [5.74, 6) is 1.98. The molecular formula is C25H19ClN4O3S. The molecule has 9 heteroatoms. The average Bonchev–Trinajstić information content (AvgIpc) is 3.34. The van der Waals surface area contributed by atoms with Crippen LogP contribution in [-0.2, 0) is 12.3 Å². The van der Waals surface area contributed by atoms with Crippen LogP contribution >= 0.6 is 23.4 Å². The Morgan fingerprint density at radius 3 is 2.53 bits per heavy atom. The highest BCUT2D eigenvalue weighted by atomic mass is 35.5. The number of hydrogen-bond acceptors (Lipinski definition) is 7. The lowest BCUT2D eigenvalue weighted by Gasteiger charge is -2.13. The molecule has 0 aliphatic rings. The van der Waals surface area contributed by atoms with Crippen molar-refractivity contribution in [1.29, 1.82) is 0 Å². The van der Waals surface area contributed by atoms with Gasteiger partial charge in [0.15, 0.2) is 5.16 Å². The molecule has 5 rings (SSSR count). The first-order valence-corrected chi connectivity index (χ1v) is 11.8. The number of benzene rings is 3. The van der Waals surface area contributed by atoms with E-state index in [1.165, 1.54) is 11.8 Å². The molecule has 0 aliphatic carbocycles. The zero-order valence-electron chi connectivity index (χ0n) is 18.1. The first kappa shape index (κ1) is 22.2. The van der Waals surface area contributed by atoms with Crippen molar-refractivity contribution >= 4 is 34.3 Å². The van der Waals surface area contributed by atoms with Crippen LogP contribution in [0.25, 0.3) is 22.4 Å². The van der Waals surface area contributed by atoms with Crippen molar-refractivity contribution in [3.8, 4) is 17.2 Å². The van der Waals surface area contributed by atoms with Gasteiger partial charge in [-0.25, -0.2) is 4.98 Å². The maximum atomic E-state index is 13.3. The van der Waals surface area contributed by atoms with Crippen LogP contribution in [0.4, 0.5) is 0 Å². The number of hydrogen-bond donors (Lipinski definition) is 0. The summed E-state index contributed by atoms with van der Waals surface area (Å²) in [6, 6.07) is 22.1. The van der Waals surface area contributed by atoms with Gasteiger partial charge >= 0.3 is 0 Å². The number of halogens is 1. The maximum Gasteiger partial charge on any atom is 0.262 e. The van der Waals surface area contributed by atoms with Gasteiger partial charge in [0.25, 0.3) is 5.56 Å². The summed E-state index contributed by atoms with van der Waals surface area (Å²) >= 11 is 7.33. The van der Waals surface area contributed by atoms with Crippen molar-refractivity contribution in [2.24, 2.45) is 0 Å².